The fourth-order valence-corrected chi connectivity index (χ4v) is 2.09. The van der Waals surface area contributed by atoms with Crippen molar-refractivity contribution in [3.05, 3.63) is 0 Å². The van der Waals surface area contributed by atoms with Gasteiger partial charge in [0.2, 0.25) is 0 Å². The van der Waals surface area contributed by atoms with Gasteiger partial charge >= 0.3 is 0 Å². The highest BCUT2D eigenvalue weighted by atomic mass is 16.7. The van der Waals surface area contributed by atoms with E-state index < -0.39 is 74.6 Å². The molecule has 1 fully saturated rings. The fourth-order valence-electron chi connectivity index (χ4n) is 2.09. The third kappa shape index (κ3) is 4.64. The summed E-state index contributed by atoms with van der Waals surface area (Å²) in [4.78, 5) is 11.3. The molecule has 0 aromatic rings. The van der Waals surface area contributed by atoms with Gasteiger partial charge in [-0.05, 0) is 0 Å². The van der Waals surface area contributed by atoms with E-state index in [2.05, 4.69) is 0 Å². The molecule has 0 bridgehead atoms. The van der Waals surface area contributed by atoms with Crippen LogP contribution in [0.4, 0.5) is 0 Å². The van der Waals surface area contributed by atoms with E-state index in [1.54, 1.807) is 0 Å². The van der Waals surface area contributed by atoms with E-state index in [0.29, 0.717) is 0 Å². The molecule has 1 heterocycles. The van der Waals surface area contributed by atoms with Crippen molar-refractivity contribution in [3.63, 3.8) is 0 Å². The van der Waals surface area contributed by atoms with Crippen LogP contribution in [-0.4, -0.2) is 115 Å². The average Bonchev–Trinajstić information content (AvgIpc) is 2.57. The fraction of sp³-hybridized carbons (Fsp3) is 0.917. The number of hydrogen-bond acceptors (Lipinski definition) is 11. The highest BCUT2D eigenvalue weighted by Crippen LogP contribution is 2.24. The number of aliphatic hydroxyl groups excluding tert-OH is 8. The van der Waals surface area contributed by atoms with Gasteiger partial charge in [-0.25, -0.2) is 0 Å². The van der Waals surface area contributed by atoms with Crippen molar-refractivity contribution in [2.24, 2.45) is 0 Å². The van der Waals surface area contributed by atoms with Crippen LogP contribution in [0.1, 0.15) is 0 Å². The summed E-state index contributed by atoms with van der Waals surface area (Å²) in [6, 6.07) is 0. The lowest BCUT2D eigenvalue weighted by Gasteiger charge is -2.41. The summed E-state index contributed by atoms with van der Waals surface area (Å²) in [6.07, 6.45) is -13.8. The number of ether oxygens (including phenoxy) is 2. The van der Waals surface area contributed by atoms with Crippen LogP contribution in [0.2, 0.25) is 0 Å². The minimum atomic E-state index is -2.05. The first-order valence-electron chi connectivity index (χ1n) is 6.85. The van der Waals surface area contributed by atoms with Gasteiger partial charge in [0.15, 0.2) is 12.1 Å². The Kier molecular flexibility index (Phi) is 7.89. The molecule has 0 radical (unpaired) electrons. The summed E-state index contributed by atoms with van der Waals surface area (Å²) >= 11 is 0. The predicted octanol–water partition coefficient (Wildman–Crippen LogP) is -5.55. The van der Waals surface area contributed by atoms with Crippen LogP contribution in [0.3, 0.4) is 0 Å². The molecule has 136 valence electrons. The van der Waals surface area contributed by atoms with Crippen molar-refractivity contribution in [2.45, 2.75) is 49.0 Å². The maximum atomic E-state index is 11.3. The third-order valence-electron chi connectivity index (χ3n) is 3.50. The molecule has 0 aromatic heterocycles. The Balaban J connectivity index is 2.91. The van der Waals surface area contributed by atoms with Gasteiger partial charge in [-0.2, -0.15) is 0 Å². The van der Waals surface area contributed by atoms with Gasteiger partial charge in [0, 0.05) is 0 Å². The maximum absolute atomic E-state index is 11.3. The normalized spacial score (nSPS) is 35.6. The van der Waals surface area contributed by atoms with Crippen LogP contribution in [0.5, 0.6) is 0 Å². The van der Waals surface area contributed by atoms with E-state index >= 15 is 0 Å². The van der Waals surface area contributed by atoms with Gasteiger partial charge in [0.25, 0.3) is 0 Å². The molecule has 23 heavy (non-hydrogen) atoms. The zero-order valence-corrected chi connectivity index (χ0v) is 12.0. The molecule has 1 saturated heterocycles. The molecule has 1 rings (SSSR count). The molecule has 0 aromatic carbocycles. The Morgan fingerprint density at radius 2 is 1.65 bits per heavy atom. The lowest BCUT2D eigenvalue weighted by atomic mass is 9.98. The number of hydrogen-bond donors (Lipinski definition) is 8. The van der Waals surface area contributed by atoms with Gasteiger partial charge in [-0.3, -0.25) is 4.79 Å². The summed E-state index contributed by atoms with van der Waals surface area (Å²) in [6.45, 7) is -2.71. The Morgan fingerprint density at radius 3 is 2.13 bits per heavy atom. The zero-order chi connectivity index (χ0) is 17.7. The lowest BCUT2D eigenvalue weighted by molar-refractivity contribution is -0.323. The van der Waals surface area contributed by atoms with E-state index in [-0.39, 0.29) is 0 Å². The second kappa shape index (κ2) is 8.94. The number of rotatable bonds is 8. The second-order valence-corrected chi connectivity index (χ2v) is 5.12. The number of carbonyl (C=O) groups is 1. The van der Waals surface area contributed by atoms with E-state index in [9.17, 15) is 30.3 Å². The van der Waals surface area contributed by atoms with Gasteiger partial charge in [0.05, 0.1) is 13.2 Å². The first kappa shape index (κ1) is 20.3. The molecule has 1 aliphatic heterocycles. The van der Waals surface area contributed by atoms with Crippen molar-refractivity contribution in [1.82, 2.24) is 0 Å². The summed E-state index contributed by atoms with van der Waals surface area (Å²) < 4.78 is 10.1. The summed E-state index contributed by atoms with van der Waals surface area (Å²) in [5, 5.41) is 75.1. The summed E-state index contributed by atoms with van der Waals surface area (Å²) in [5.74, 6) is -1.12. The van der Waals surface area contributed by atoms with Crippen LogP contribution in [0, 0.1) is 0 Å². The smallest absolute Gasteiger partial charge is 0.189 e. The predicted molar refractivity (Wildman–Crippen MR) is 69.8 cm³/mol. The maximum Gasteiger partial charge on any atom is 0.189 e. The van der Waals surface area contributed by atoms with Crippen LogP contribution in [0.15, 0.2) is 0 Å². The highest BCUT2D eigenvalue weighted by molar-refractivity contribution is 5.84. The Morgan fingerprint density at radius 1 is 1.04 bits per heavy atom. The van der Waals surface area contributed by atoms with Crippen LogP contribution < -0.4 is 0 Å². The monoisotopic (exact) mass is 342 g/mol. The highest BCUT2D eigenvalue weighted by Gasteiger charge is 2.46. The van der Waals surface area contributed by atoms with Gasteiger partial charge in [-0.15, -0.1) is 0 Å². The van der Waals surface area contributed by atoms with E-state index in [1.165, 1.54) is 0 Å². The third-order valence-corrected chi connectivity index (χ3v) is 3.50. The Hall–Kier alpha value is -0.730. The van der Waals surface area contributed by atoms with Gasteiger partial charge in [-0.1, -0.05) is 0 Å². The average molecular weight is 342 g/mol. The first-order valence-corrected chi connectivity index (χ1v) is 6.85. The van der Waals surface area contributed by atoms with E-state index in [4.69, 9.17) is 24.8 Å². The quantitative estimate of drug-likeness (QED) is 0.209. The molecule has 11 heteroatoms. The van der Waals surface area contributed by atoms with Crippen molar-refractivity contribution in [2.75, 3.05) is 19.8 Å². The number of carbonyl (C=O) groups excluding carboxylic acids is 1. The molecular weight excluding hydrogens is 320 g/mol. The minimum absolute atomic E-state index is 0.726. The number of ketones is 1. The SMILES string of the molecule is O=C(CO)[C@H](O)[C@@H](O[C@H]1O[C@@H](CO)[C@@H](O)[C@@H](O)[C@@H]1O)[C@@H](O)CO. The van der Waals surface area contributed by atoms with Gasteiger partial charge in [0.1, 0.15) is 49.3 Å². The number of aliphatic hydroxyl groups is 8. The standard InChI is InChI=1S/C12H22O11/c13-1-4(16)7(18)11(5(17)2-14)23-12-10(21)9(20)8(19)6(3-15)22-12/h5-15,17-21H,1-3H2/t5-,6-,7-,8+,9+,10-,11-,12+/m0/s1. The molecule has 0 spiro atoms. The second-order valence-electron chi connectivity index (χ2n) is 5.12. The van der Waals surface area contributed by atoms with Crippen LogP contribution in [0.25, 0.3) is 0 Å². The van der Waals surface area contributed by atoms with Crippen molar-refractivity contribution >= 4 is 5.78 Å². The molecule has 0 aliphatic carbocycles. The van der Waals surface area contributed by atoms with E-state index in [1.807, 2.05) is 0 Å². The Bertz CT molecular complexity index is 376. The molecule has 11 nitrogen and oxygen atoms in total. The molecule has 0 saturated carbocycles. The molecule has 0 unspecified atom stereocenters. The molecular formula is C12H22O11. The topological polar surface area (TPSA) is 197 Å². The van der Waals surface area contributed by atoms with Crippen LogP contribution in [-0.2, 0) is 14.3 Å². The van der Waals surface area contributed by atoms with Crippen LogP contribution >= 0.6 is 0 Å². The summed E-state index contributed by atoms with van der Waals surface area (Å²) in [7, 11) is 0. The first-order chi connectivity index (χ1) is 10.8. The minimum Gasteiger partial charge on any atom is -0.394 e. The lowest BCUT2D eigenvalue weighted by Crippen LogP contribution is -2.61. The largest absolute Gasteiger partial charge is 0.394 e. The summed E-state index contributed by atoms with van der Waals surface area (Å²) in [5.41, 5.74) is 0. The molecule has 0 amide bonds. The molecule has 8 N–H and O–H groups in total. The zero-order valence-electron chi connectivity index (χ0n) is 12.0. The Labute approximate surface area is 130 Å². The van der Waals surface area contributed by atoms with Crippen molar-refractivity contribution < 1.29 is 55.1 Å². The van der Waals surface area contributed by atoms with Crippen molar-refractivity contribution in [1.29, 1.82) is 0 Å². The van der Waals surface area contributed by atoms with Crippen molar-refractivity contribution in [3.8, 4) is 0 Å². The molecule has 8 atom stereocenters. The number of Topliss-reactive ketones (excluding diaryl/α,β-unsaturated/α-hetero) is 1. The van der Waals surface area contributed by atoms with Gasteiger partial charge < -0.3 is 50.3 Å². The van der Waals surface area contributed by atoms with E-state index in [0.717, 1.165) is 0 Å². The molecule has 1 aliphatic rings.